The summed E-state index contributed by atoms with van der Waals surface area (Å²) >= 11 is 0. The van der Waals surface area contributed by atoms with Gasteiger partial charge in [-0.1, -0.05) is 32.4 Å². The zero-order valence-electron chi connectivity index (χ0n) is 11.9. The predicted octanol–water partition coefficient (Wildman–Crippen LogP) is 1.72. The van der Waals surface area contributed by atoms with E-state index in [2.05, 4.69) is 24.4 Å². The Morgan fingerprint density at radius 3 is 2.84 bits per heavy atom. The van der Waals surface area contributed by atoms with Gasteiger partial charge in [-0.25, -0.2) is 0 Å². The van der Waals surface area contributed by atoms with Gasteiger partial charge in [0.2, 0.25) is 11.8 Å². The second kappa shape index (κ2) is 6.22. The fourth-order valence-corrected chi connectivity index (χ4v) is 2.84. The Morgan fingerprint density at radius 1 is 1.42 bits per heavy atom. The first-order valence-corrected chi connectivity index (χ1v) is 7.35. The zero-order chi connectivity index (χ0) is 13.8. The van der Waals surface area contributed by atoms with Crippen LogP contribution in [0.15, 0.2) is 12.2 Å². The lowest BCUT2D eigenvalue weighted by Gasteiger charge is -2.37. The van der Waals surface area contributed by atoms with E-state index >= 15 is 0 Å². The summed E-state index contributed by atoms with van der Waals surface area (Å²) in [5, 5.41) is 2.84. The summed E-state index contributed by atoms with van der Waals surface area (Å²) in [6.45, 7) is 5.03. The van der Waals surface area contributed by atoms with Gasteiger partial charge >= 0.3 is 0 Å². The molecule has 0 spiro atoms. The lowest BCUT2D eigenvalue weighted by Crippen LogP contribution is -2.60. The van der Waals surface area contributed by atoms with Crippen LogP contribution < -0.4 is 5.32 Å². The van der Waals surface area contributed by atoms with Crippen LogP contribution in [0.5, 0.6) is 0 Å². The van der Waals surface area contributed by atoms with Gasteiger partial charge in [0.25, 0.3) is 0 Å². The molecule has 2 aliphatic rings. The third kappa shape index (κ3) is 3.37. The van der Waals surface area contributed by atoms with E-state index in [0.29, 0.717) is 5.92 Å². The molecule has 3 atom stereocenters. The minimum atomic E-state index is -0.328. The smallest absolute Gasteiger partial charge is 0.245 e. The van der Waals surface area contributed by atoms with Gasteiger partial charge in [0.05, 0.1) is 6.54 Å². The maximum Gasteiger partial charge on any atom is 0.245 e. The third-order valence-corrected chi connectivity index (χ3v) is 4.30. The molecule has 2 amide bonds. The summed E-state index contributed by atoms with van der Waals surface area (Å²) in [4.78, 5) is 26.0. The quantitative estimate of drug-likeness (QED) is 0.786. The van der Waals surface area contributed by atoms with Crippen molar-refractivity contribution in [2.75, 3.05) is 13.1 Å². The maximum absolute atomic E-state index is 12.4. The van der Waals surface area contributed by atoms with Crippen LogP contribution in [0, 0.1) is 11.8 Å². The van der Waals surface area contributed by atoms with Crippen molar-refractivity contribution < 1.29 is 9.59 Å². The van der Waals surface area contributed by atoms with Crippen molar-refractivity contribution in [3.63, 3.8) is 0 Å². The molecule has 3 unspecified atom stereocenters. The van der Waals surface area contributed by atoms with Crippen molar-refractivity contribution in [1.82, 2.24) is 10.2 Å². The lowest BCUT2D eigenvalue weighted by molar-refractivity contribution is -0.146. The molecule has 1 N–H and O–H groups in total. The number of hydrogen-bond acceptors (Lipinski definition) is 2. The molecule has 2 rings (SSSR count). The van der Waals surface area contributed by atoms with Crippen molar-refractivity contribution in [1.29, 1.82) is 0 Å². The molecular formula is C15H24N2O2. The summed E-state index contributed by atoms with van der Waals surface area (Å²) in [5.74, 6) is 0.794. The largest absolute Gasteiger partial charge is 0.342 e. The molecule has 19 heavy (non-hydrogen) atoms. The van der Waals surface area contributed by atoms with E-state index < -0.39 is 0 Å². The first kappa shape index (κ1) is 14.1. The first-order chi connectivity index (χ1) is 9.11. The Balaban J connectivity index is 2.00. The Bertz CT molecular complexity index is 378. The van der Waals surface area contributed by atoms with E-state index in [0.717, 1.165) is 32.2 Å². The topological polar surface area (TPSA) is 49.4 Å². The highest BCUT2D eigenvalue weighted by atomic mass is 16.2. The van der Waals surface area contributed by atoms with Crippen LogP contribution in [0.1, 0.15) is 39.5 Å². The molecule has 0 saturated carbocycles. The number of amides is 2. The van der Waals surface area contributed by atoms with Gasteiger partial charge in [-0.05, 0) is 31.1 Å². The predicted molar refractivity (Wildman–Crippen MR) is 74.4 cm³/mol. The van der Waals surface area contributed by atoms with Gasteiger partial charge in [0, 0.05) is 6.54 Å². The van der Waals surface area contributed by atoms with Gasteiger partial charge in [0.1, 0.15) is 6.04 Å². The summed E-state index contributed by atoms with van der Waals surface area (Å²) in [7, 11) is 0. The van der Waals surface area contributed by atoms with Crippen LogP contribution in [-0.4, -0.2) is 35.8 Å². The average molecular weight is 264 g/mol. The molecule has 0 bridgehead atoms. The molecule has 1 fully saturated rings. The van der Waals surface area contributed by atoms with Gasteiger partial charge in [-0.15, -0.1) is 0 Å². The minimum Gasteiger partial charge on any atom is -0.342 e. The molecule has 0 aromatic heterocycles. The molecule has 1 heterocycles. The van der Waals surface area contributed by atoms with Crippen LogP contribution in [0.3, 0.4) is 0 Å². The summed E-state index contributed by atoms with van der Waals surface area (Å²) in [6.07, 6.45) is 8.53. The monoisotopic (exact) mass is 264 g/mol. The fraction of sp³-hybridized carbons (Fsp3) is 0.733. The summed E-state index contributed by atoms with van der Waals surface area (Å²) < 4.78 is 0. The van der Waals surface area contributed by atoms with Crippen LogP contribution in [0.2, 0.25) is 0 Å². The Kier molecular flexibility index (Phi) is 4.61. The second-order valence-corrected chi connectivity index (χ2v) is 5.80. The van der Waals surface area contributed by atoms with Crippen LogP contribution in [0.25, 0.3) is 0 Å². The molecule has 0 aromatic carbocycles. The van der Waals surface area contributed by atoms with Crippen molar-refractivity contribution in [2.24, 2.45) is 11.8 Å². The molecule has 1 aliphatic heterocycles. The summed E-state index contributed by atoms with van der Waals surface area (Å²) in [6, 6.07) is -0.328. The van der Waals surface area contributed by atoms with Crippen molar-refractivity contribution >= 4 is 11.8 Å². The van der Waals surface area contributed by atoms with Crippen LogP contribution in [-0.2, 0) is 9.59 Å². The minimum absolute atomic E-state index is 0.0174. The van der Waals surface area contributed by atoms with E-state index in [1.165, 1.54) is 0 Å². The van der Waals surface area contributed by atoms with Gasteiger partial charge in [0.15, 0.2) is 0 Å². The van der Waals surface area contributed by atoms with E-state index in [4.69, 9.17) is 0 Å². The maximum atomic E-state index is 12.4. The van der Waals surface area contributed by atoms with E-state index in [1.807, 2.05) is 6.92 Å². The van der Waals surface area contributed by atoms with E-state index in [1.54, 1.807) is 4.90 Å². The third-order valence-electron chi connectivity index (χ3n) is 4.30. The molecular weight excluding hydrogens is 240 g/mol. The number of allylic oxidation sites excluding steroid dienone is 2. The van der Waals surface area contributed by atoms with Crippen molar-refractivity contribution in [3.05, 3.63) is 12.2 Å². The Morgan fingerprint density at radius 2 is 2.21 bits per heavy atom. The van der Waals surface area contributed by atoms with Crippen LogP contribution >= 0.6 is 0 Å². The molecule has 4 nitrogen and oxygen atoms in total. The number of carbonyl (C=O) groups excluding carboxylic acids is 2. The number of nitrogens with zero attached hydrogens (tertiary/aromatic N) is 1. The highest BCUT2D eigenvalue weighted by molar-refractivity contribution is 5.95. The Hall–Kier alpha value is -1.32. The zero-order valence-corrected chi connectivity index (χ0v) is 11.9. The molecule has 1 aliphatic carbocycles. The number of nitrogens with one attached hydrogen (secondary N) is 1. The number of piperazine rings is 1. The normalized spacial score (nSPS) is 29.3. The highest BCUT2D eigenvalue weighted by Gasteiger charge is 2.36. The highest BCUT2D eigenvalue weighted by Crippen LogP contribution is 2.21. The fourth-order valence-electron chi connectivity index (χ4n) is 2.84. The summed E-state index contributed by atoms with van der Waals surface area (Å²) in [5.41, 5.74) is 0. The van der Waals surface area contributed by atoms with Gasteiger partial charge in [-0.3, -0.25) is 9.59 Å². The first-order valence-electron chi connectivity index (χ1n) is 7.35. The number of rotatable bonds is 4. The Labute approximate surface area is 115 Å². The number of hydrogen-bond donors (Lipinski definition) is 1. The molecule has 0 aromatic rings. The van der Waals surface area contributed by atoms with Crippen molar-refractivity contribution in [2.45, 2.75) is 45.6 Å². The lowest BCUT2D eigenvalue weighted by atomic mass is 9.92. The molecule has 0 radical (unpaired) electrons. The second-order valence-electron chi connectivity index (χ2n) is 5.80. The molecule has 4 heteroatoms. The average Bonchev–Trinajstić information content (AvgIpc) is 2.42. The van der Waals surface area contributed by atoms with Crippen LogP contribution in [0.4, 0.5) is 0 Å². The van der Waals surface area contributed by atoms with Gasteiger partial charge < -0.3 is 10.2 Å². The standard InChI is InChI=1S/C15H24N2O2/c1-3-11(2)14-15(19)17(10-13(18)16-14)9-12-7-5-4-6-8-12/h4-5,11-12,14H,3,6-10H2,1-2H3,(H,16,18). The SMILES string of the molecule is CCC(C)C1NC(=O)CN(CC2CC=CCC2)C1=O. The number of carbonyl (C=O) groups is 2. The molecule has 1 saturated heterocycles. The van der Waals surface area contributed by atoms with E-state index in [-0.39, 0.29) is 30.3 Å². The van der Waals surface area contributed by atoms with Crippen molar-refractivity contribution in [3.8, 4) is 0 Å². The van der Waals surface area contributed by atoms with Gasteiger partial charge in [-0.2, -0.15) is 0 Å². The molecule has 106 valence electrons. The van der Waals surface area contributed by atoms with E-state index in [9.17, 15) is 9.59 Å².